The van der Waals surface area contributed by atoms with Crippen LogP contribution >= 0.6 is 0 Å². The molecule has 0 saturated carbocycles. The molecule has 6 nitrogen and oxygen atoms in total. The van der Waals surface area contributed by atoms with Crippen LogP contribution < -0.4 is 10.2 Å². The number of rotatable bonds is 3. The summed E-state index contributed by atoms with van der Waals surface area (Å²) < 4.78 is 38.0. The maximum absolute atomic E-state index is 12.7. The van der Waals surface area contributed by atoms with E-state index >= 15 is 0 Å². The van der Waals surface area contributed by atoms with Crippen LogP contribution in [0.25, 0.3) is 0 Å². The van der Waals surface area contributed by atoms with Gasteiger partial charge in [-0.3, -0.25) is 9.59 Å². The Hall–Kier alpha value is -2.29. The lowest BCUT2D eigenvalue weighted by atomic mass is 9.82. The summed E-state index contributed by atoms with van der Waals surface area (Å²) in [5, 5.41) is 21.1. The summed E-state index contributed by atoms with van der Waals surface area (Å²) in [6, 6.07) is 3.48. The van der Waals surface area contributed by atoms with Gasteiger partial charge in [-0.05, 0) is 39.0 Å². The number of halogens is 3. The number of phenolic OH excluding ortho intramolecular Hbond substituents is 1. The quantitative estimate of drug-likeness (QED) is 0.577. The molecule has 0 bridgehead atoms. The molecule has 9 heteroatoms. The van der Waals surface area contributed by atoms with Crippen LogP contribution in [0.1, 0.15) is 20.8 Å². The number of nitrogens with one attached hydrogen (secondary N) is 1. The van der Waals surface area contributed by atoms with Crippen LogP contribution in [0, 0.1) is 5.41 Å². The second-order valence-corrected chi connectivity index (χ2v) is 6.50. The van der Waals surface area contributed by atoms with Gasteiger partial charge >= 0.3 is 6.18 Å². The molecule has 0 radical (unpaired) electrons. The van der Waals surface area contributed by atoms with E-state index in [0.717, 1.165) is 6.07 Å². The highest BCUT2D eigenvalue weighted by atomic mass is 19.4. The zero-order chi connectivity index (χ0) is 18.5. The van der Waals surface area contributed by atoms with Crippen molar-refractivity contribution in [2.75, 3.05) is 16.8 Å². The minimum Gasteiger partial charge on any atom is -0.506 e. The first-order valence-electron chi connectivity index (χ1n) is 7.03. The van der Waals surface area contributed by atoms with Crippen LogP contribution in [-0.4, -0.2) is 40.3 Å². The van der Waals surface area contributed by atoms with Crippen molar-refractivity contribution in [3.8, 4) is 5.75 Å². The molecule has 0 spiro atoms. The smallest absolute Gasteiger partial charge is 0.426 e. The molecule has 1 atom stereocenters. The number of alkyl halides is 3. The van der Waals surface area contributed by atoms with Crippen molar-refractivity contribution >= 4 is 23.2 Å². The third kappa shape index (κ3) is 2.91. The molecule has 24 heavy (non-hydrogen) atoms. The van der Waals surface area contributed by atoms with E-state index in [0.29, 0.717) is 13.5 Å². The monoisotopic (exact) mass is 346 g/mol. The molecular formula is C15H17F3N2O4. The minimum atomic E-state index is -5.14. The van der Waals surface area contributed by atoms with Crippen LogP contribution in [0.5, 0.6) is 5.75 Å². The third-order valence-electron chi connectivity index (χ3n) is 3.90. The average Bonchev–Trinajstić information content (AvgIpc) is 2.45. The SMILES string of the molecule is CC1(C)CN(c2cc(NC(=O)C(C)(O)C(F)(F)F)ccc2O)C1=O. The molecule has 0 aliphatic carbocycles. The van der Waals surface area contributed by atoms with E-state index in [4.69, 9.17) is 0 Å². The Morgan fingerprint density at radius 1 is 1.33 bits per heavy atom. The van der Waals surface area contributed by atoms with Gasteiger partial charge in [-0.15, -0.1) is 0 Å². The average molecular weight is 346 g/mol. The topological polar surface area (TPSA) is 89.9 Å². The van der Waals surface area contributed by atoms with Crippen LogP contribution in [0.4, 0.5) is 24.5 Å². The van der Waals surface area contributed by atoms with Crippen molar-refractivity contribution in [1.29, 1.82) is 0 Å². The van der Waals surface area contributed by atoms with E-state index in [2.05, 4.69) is 0 Å². The zero-order valence-corrected chi connectivity index (χ0v) is 13.2. The van der Waals surface area contributed by atoms with Crippen molar-refractivity contribution in [1.82, 2.24) is 0 Å². The fraction of sp³-hybridized carbons (Fsp3) is 0.467. The molecule has 1 aromatic carbocycles. The molecule has 1 fully saturated rings. The van der Waals surface area contributed by atoms with Gasteiger partial charge in [0.2, 0.25) is 11.5 Å². The number of β-lactam (4-membered cyclic amide) rings is 1. The van der Waals surface area contributed by atoms with Gasteiger partial charge in [0.1, 0.15) is 5.75 Å². The summed E-state index contributed by atoms with van der Waals surface area (Å²) in [7, 11) is 0. The predicted octanol–water partition coefficient (Wildman–Crippen LogP) is 2.02. The number of carbonyl (C=O) groups is 2. The van der Waals surface area contributed by atoms with Gasteiger partial charge in [0.25, 0.3) is 5.91 Å². The summed E-state index contributed by atoms with van der Waals surface area (Å²) in [6.07, 6.45) is -5.14. The van der Waals surface area contributed by atoms with Gasteiger partial charge in [0.15, 0.2) is 0 Å². The maximum Gasteiger partial charge on any atom is 0.426 e. The van der Waals surface area contributed by atoms with Crippen LogP contribution in [-0.2, 0) is 9.59 Å². The Balaban J connectivity index is 2.24. The number of aliphatic hydroxyl groups is 1. The highest BCUT2D eigenvalue weighted by Gasteiger charge is 2.55. The first-order valence-corrected chi connectivity index (χ1v) is 7.03. The Bertz CT molecular complexity index is 698. The molecule has 1 aromatic rings. The summed E-state index contributed by atoms with van der Waals surface area (Å²) >= 11 is 0. The molecule has 1 aliphatic rings. The Labute approximate surface area is 135 Å². The van der Waals surface area contributed by atoms with E-state index < -0.39 is 23.1 Å². The first kappa shape index (κ1) is 18.1. The third-order valence-corrected chi connectivity index (χ3v) is 3.90. The second-order valence-electron chi connectivity index (χ2n) is 6.50. The highest BCUT2D eigenvalue weighted by molar-refractivity contribution is 6.06. The van der Waals surface area contributed by atoms with E-state index in [1.807, 2.05) is 5.32 Å². The second kappa shape index (κ2) is 5.37. The summed E-state index contributed by atoms with van der Waals surface area (Å²) in [6.45, 7) is 4.09. The molecule has 0 aromatic heterocycles. The molecule has 1 aliphatic heterocycles. The van der Waals surface area contributed by atoms with Crippen molar-refractivity contribution in [3.63, 3.8) is 0 Å². The lowest BCUT2D eigenvalue weighted by molar-refractivity contribution is -0.242. The van der Waals surface area contributed by atoms with Gasteiger partial charge in [-0.1, -0.05) is 0 Å². The van der Waals surface area contributed by atoms with Crippen LogP contribution in [0.3, 0.4) is 0 Å². The number of carbonyl (C=O) groups excluding carboxylic acids is 2. The van der Waals surface area contributed by atoms with Crippen molar-refractivity contribution < 1.29 is 33.0 Å². The normalized spacial score (nSPS) is 19.5. The van der Waals surface area contributed by atoms with Gasteiger partial charge in [0.05, 0.1) is 11.1 Å². The number of aromatic hydroxyl groups is 1. The van der Waals surface area contributed by atoms with Crippen LogP contribution in [0.15, 0.2) is 18.2 Å². The number of phenols is 1. The molecule has 1 saturated heterocycles. The fourth-order valence-corrected chi connectivity index (χ4v) is 2.20. The zero-order valence-electron chi connectivity index (χ0n) is 13.2. The highest BCUT2D eigenvalue weighted by Crippen LogP contribution is 2.40. The van der Waals surface area contributed by atoms with Crippen LogP contribution in [0.2, 0.25) is 0 Å². The summed E-state index contributed by atoms with van der Waals surface area (Å²) in [5.74, 6) is -2.18. The number of amides is 2. The Morgan fingerprint density at radius 3 is 2.38 bits per heavy atom. The largest absolute Gasteiger partial charge is 0.506 e. The van der Waals surface area contributed by atoms with E-state index in [1.54, 1.807) is 13.8 Å². The van der Waals surface area contributed by atoms with Gasteiger partial charge in [-0.2, -0.15) is 13.2 Å². The van der Waals surface area contributed by atoms with Crippen molar-refractivity contribution in [2.24, 2.45) is 5.41 Å². The number of nitrogens with zero attached hydrogens (tertiary/aromatic N) is 1. The number of hydrogen-bond donors (Lipinski definition) is 3. The molecule has 3 N–H and O–H groups in total. The summed E-state index contributed by atoms with van der Waals surface area (Å²) in [4.78, 5) is 24.9. The number of anilines is 2. The van der Waals surface area contributed by atoms with E-state index in [1.165, 1.54) is 17.0 Å². The number of hydrogen-bond acceptors (Lipinski definition) is 4. The van der Waals surface area contributed by atoms with E-state index in [-0.39, 0.29) is 23.0 Å². The van der Waals surface area contributed by atoms with Gasteiger partial charge in [-0.25, -0.2) is 0 Å². The predicted molar refractivity (Wildman–Crippen MR) is 79.5 cm³/mol. The molecular weight excluding hydrogens is 329 g/mol. The minimum absolute atomic E-state index is 0.0729. The molecule has 132 valence electrons. The number of benzene rings is 1. The molecule has 2 amide bonds. The van der Waals surface area contributed by atoms with Gasteiger partial charge < -0.3 is 20.4 Å². The molecule has 1 heterocycles. The van der Waals surface area contributed by atoms with E-state index in [9.17, 15) is 33.0 Å². The maximum atomic E-state index is 12.7. The van der Waals surface area contributed by atoms with Gasteiger partial charge in [0, 0.05) is 12.2 Å². The lowest BCUT2D eigenvalue weighted by Crippen LogP contribution is -2.58. The Kier molecular flexibility index (Phi) is 4.04. The van der Waals surface area contributed by atoms with Crippen molar-refractivity contribution in [3.05, 3.63) is 18.2 Å². The van der Waals surface area contributed by atoms with Crippen molar-refractivity contribution in [2.45, 2.75) is 32.5 Å². The summed E-state index contributed by atoms with van der Waals surface area (Å²) in [5.41, 5.74) is -4.18. The fourth-order valence-electron chi connectivity index (χ4n) is 2.20. The Morgan fingerprint density at radius 2 is 1.92 bits per heavy atom. The first-order chi connectivity index (χ1) is 10.8. The molecule has 2 rings (SSSR count). The molecule has 1 unspecified atom stereocenters. The lowest BCUT2D eigenvalue weighted by Gasteiger charge is -2.44. The standard InChI is InChI=1S/C15H17F3N2O4/c1-13(2)7-20(12(13)23)9-6-8(4-5-10(9)21)19-11(22)14(3,24)15(16,17)18/h4-6,21,24H,7H2,1-3H3,(H,19,22).